The molecular weight excluding hydrogens is 268 g/mol. The second kappa shape index (κ2) is 6.58. The van der Waals surface area contributed by atoms with Gasteiger partial charge in [-0.2, -0.15) is 0 Å². The number of ether oxygens (including phenoxy) is 2. The topological polar surface area (TPSA) is 176 Å². The van der Waals surface area contributed by atoms with Gasteiger partial charge in [0, 0.05) is 11.4 Å². The van der Waals surface area contributed by atoms with E-state index in [0.29, 0.717) is 11.4 Å². The van der Waals surface area contributed by atoms with Crippen molar-refractivity contribution >= 4 is 35.6 Å². The molecule has 0 aliphatic rings. The number of rotatable bonds is 2. The van der Waals surface area contributed by atoms with Gasteiger partial charge in [-0.1, -0.05) is 0 Å². The van der Waals surface area contributed by atoms with Crippen LogP contribution in [0.4, 0.5) is 21.0 Å². The summed E-state index contributed by atoms with van der Waals surface area (Å²) in [7, 11) is 0. The molecule has 0 bridgehead atoms. The fourth-order valence-corrected chi connectivity index (χ4v) is 1.12. The monoisotopic (exact) mass is 280 g/mol. The summed E-state index contributed by atoms with van der Waals surface area (Å²) in [6.45, 7) is 0. The summed E-state index contributed by atoms with van der Waals surface area (Å²) >= 11 is 0. The molecule has 0 saturated carbocycles. The van der Waals surface area contributed by atoms with Crippen molar-refractivity contribution in [1.29, 1.82) is 10.8 Å². The van der Waals surface area contributed by atoms with Gasteiger partial charge in [0.25, 0.3) is 12.0 Å². The first-order valence-electron chi connectivity index (χ1n) is 5.12. The van der Waals surface area contributed by atoms with Crippen molar-refractivity contribution in [3.05, 3.63) is 24.3 Å². The number of hydrogen-bond donors (Lipinski definition) is 6. The number of amidine groups is 2. The molecule has 0 unspecified atom stereocenters. The van der Waals surface area contributed by atoms with Crippen LogP contribution in [0.2, 0.25) is 0 Å². The quantitative estimate of drug-likeness (QED) is 0.340. The number of anilines is 2. The van der Waals surface area contributed by atoms with Crippen LogP contribution in [0.15, 0.2) is 24.3 Å². The number of carbonyl (C=O) groups is 2. The molecule has 0 saturated heterocycles. The minimum atomic E-state index is -0.908. The van der Waals surface area contributed by atoms with Gasteiger partial charge in [-0.25, -0.2) is 9.59 Å². The molecule has 1 rings (SSSR count). The first-order chi connectivity index (χ1) is 9.36. The predicted octanol–water partition coefficient (Wildman–Crippen LogP) is 0.571. The molecule has 20 heavy (non-hydrogen) atoms. The van der Waals surface area contributed by atoms with Crippen molar-refractivity contribution in [2.45, 2.75) is 0 Å². The van der Waals surface area contributed by atoms with Crippen LogP contribution >= 0.6 is 0 Å². The molecule has 0 aliphatic carbocycles. The Balaban J connectivity index is 2.56. The Morgan fingerprint density at radius 2 is 1.15 bits per heavy atom. The van der Waals surface area contributed by atoms with Crippen LogP contribution in [-0.2, 0) is 9.47 Å². The van der Waals surface area contributed by atoms with Gasteiger partial charge in [0.05, 0.1) is 0 Å². The van der Waals surface area contributed by atoms with E-state index in [0.717, 1.165) is 0 Å². The van der Waals surface area contributed by atoms with Gasteiger partial charge in [0.1, 0.15) is 0 Å². The average Bonchev–Trinajstić information content (AvgIpc) is 2.29. The van der Waals surface area contributed by atoms with Crippen LogP contribution < -0.4 is 22.1 Å². The molecule has 0 fully saturated rings. The maximum Gasteiger partial charge on any atom is 0.419 e. The number of amides is 2. The molecule has 10 nitrogen and oxygen atoms in total. The van der Waals surface area contributed by atoms with E-state index in [1.165, 1.54) is 24.3 Å². The third-order valence-corrected chi connectivity index (χ3v) is 1.78. The van der Waals surface area contributed by atoms with Gasteiger partial charge < -0.3 is 20.9 Å². The number of carbonyl (C=O) groups excluding carboxylic acids is 2. The Morgan fingerprint density at radius 1 is 0.850 bits per heavy atom. The average molecular weight is 280 g/mol. The Labute approximate surface area is 113 Å². The van der Waals surface area contributed by atoms with Gasteiger partial charge in [-0.3, -0.25) is 21.5 Å². The van der Waals surface area contributed by atoms with Crippen molar-refractivity contribution in [2.24, 2.45) is 11.5 Å². The summed E-state index contributed by atoms with van der Waals surface area (Å²) in [6, 6.07) is 4.39. The fourth-order valence-electron chi connectivity index (χ4n) is 1.12. The Kier molecular flexibility index (Phi) is 4.86. The van der Waals surface area contributed by atoms with Crippen LogP contribution in [0, 0.1) is 10.8 Å². The maximum atomic E-state index is 11.1. The first-order valence-corrected chi connectivity index (χ1v) is 5.12. The highest BCUT2D eigenvalue weighted by Crippen LogP contribution is 2.13. The molecule has 1 aromatic carbocycles. The van der Waals surface area contributed by atoms with Gasteiger partial charge in [-0.05, 0) is 24.3 Å². The number of nitrogens with one attached hydrogen (secondary N) is 4. The smallest absolute Gasteiger partial charge is 0.376 e. The van der Waals surface area contributed by atoms with Crippen LogP contribution in [0.3, 0.4) is 0 Å². The van der Waals surface area contributed by atoms with Crippen molar-refractivity contribution in [3.8, 4) is 0 Å². The van der Waals surface area contributed by atoms with E-state index in [4.69, 9.17) is 22.3 Å². The second-order valence-corrected chi connectivity index (χ2v) is 3.33. The highest BCUT2D eigenvalue weighted by atomic mass is 16.6. The number of benzene rings is 1. The van der Waals surface area contributed by atoms with Crippen LogP contribution in [0.25, 0.3) is 0 Å². The van der Waals surface area contributed by atoms with Gasteiger partial charge in [-0.15, -0.1) is 0 Å². The van der Waals surface area contributed by atoms with E-state index in [1.807, 2.05) is 0 Å². The molecule has 0 radical (unpaired) electrons. The Morgan fingerprint density at radius 3 is 1.40 bits per heavy atom. The predicted molar refractivity (Wildman–Crippen MR) is 70.5 cm³/mol. The van der Waals surface area contributed by atoms with E-state index < -0.39 is 24.2 Å². The van der Waals surface area contributed by atoms with E-state index in [9.17, 15) is 9.59 Å². The molecule has 2 amide bonds. The molecule has 0 spiro atoms. The van der Waals surface area contributed by atoms with Crippen molar-refractivity contribution < 1.29 is 19.1 Å². The molecule has 10 heteroatoms. The summed E-state index contributed by atoms with van der Waals surface area (Å²) in [4.78, 5) is 22.3. The van der Waals surface area contributed by atoms with E-state index in [1.54, 1.807) is 0 Å². The van der Waals surface area contributed by atoms with Crippen molar-refractivity contribution in [2.75, 3.05) is 10.6 Å². The summed E-state index contributed by atoms with van der Waals surface area (Å²) in [6.07, 6.45) is -1.82. The molecule has 0 aromatic heterocycles. The Bertz CT molecular complexity index is 492. The number of hydrogen-bond acceptors (Lipinski definition) is 6. The maximum absolute atomic E-state index is 11.1. The van der Waals surface area contributed by atoms with Crippen molar-refractivity contribution in [3.63, 3.8) is 0 Å². The summed E-state index contributed by atoms with van der Waals surface area (Å²) in [5.41, 5.74) is 10.5. The zero-order chi connectivity index (χ0) is 15.1. The SMILES string of the molecule is N=C(N)OC(=O)Nc1ccc(NC(=O)OC(=N)N)cc1. The largest absolute Gasteiger partial charge is 0.419 e. The Hall–Kier alpha value is -3.30. The van der Waals surface area contributed by atoms with Crippen molar-refractivity contribution in [1.82, 2.24) is 0 Å². The lowest BCUT2D eigenvalue weighted by molar-refractivity contribution is 0.210. The minimum absolute atomic E-state index is 0.363. The minimum Gasteiger partial charge on any atom is -0.376 e. The second-order valence-electron chi connectivity index (χ2n) is 3.33. The molecule has 1 aromatic rings. The molecule has 0 aliphatic heterocycles. The molecule has 0 atom stereocenters. The normalized spacial score (nSPS) is 9.20. The van der Waals surface area contributed by atoms with Crippen LogP contribution in [0.1, 0.15) is 0 Å². The first kappa shape index (κ1) is 14.8. The lowest BCUT2D eigenvalue weighted by Crippen LogP contribution is -2.24. The van der Waals surface area contributed by atoms with Gasteiger partial charge in [0.15, 0.2) is 0 Å². The number of nitrogens with two attached hydrogens (primary N) is 2. The van der Waals surface area contributed by atoms with E-state index in [2.05, 4.69) is 20.1 Å². The lowest BCUT2D eigenvalue weighted by Gasteiger charge is -2.07. The third kappa shape index (κ3) is 5.35. The van der Waals surface area contributed by atoms with Gasteiger partial charge in [0.2, 0.25) is 0 Å². The molecular formula is C10H12N6O4. The summed E-state index contributed by atoms with van der Waals surface area (Å²) < 4.78 is 8.55. The standard InChI is InChI=1S/C10H12N6O4/c11-7(12)19-9(17)15-5-1-2-6(4-3-5)16-10(18)20-8(13)14/h1-4H,(H3,11,12)(H3,13,14)(H,15,17)(H,16,18). The highest BCUT2D eigenvalue weighted by Gasteiger charge is 2.07. The third-order valence-electron chi connectivity index (χ3n) is 1.78. The fraction of sp³-hybridized carbons (Fsp3) is 0. The van der Waals surface area contributed by atoms with Crippen LogP contribution in [0.5, 0.6) is 0 Å². The zero-order valence-electron chi connectivity index (χ0n) is 10.1. The molecule has 106 valence electrons. The van der Waals surface area contributed by atoms with Gasteiger partial charge >= 0.3 is 12.2 Å². The van der Waals surface area contributed by atoms with E-state index >= 15 is 0 Å². The molecule has 0 heterocycles. The highest BCUT2D eigenvalue weighted by molar-refractivity contribution is 5.94. The summed E-state index contributed by atoms with van der Waals surface area (Å²) in [5.74, 6) is 0. The summed E-state index contributed by atoms with van der Waals surface area (Å²) in [5, 5.41) is 18.1. The zero-order valence-corrected chi connectivity index (χ0v) is 10.1. The van der Waals surface area contributed by atoms with Crippen LogP contribution in [-0.4, -0.2) is 24.2 Å². The lowest BCUT2D eigenvalue weighted by atomic mass is 10.3. The van der Waals surface area contributed by atoms with E-state index in [-0.39, 0.29) is 0 Å². The molecule has 8 N–H and O–H groups in total.